The van der Waals surface area contributed by atoms with Gasteiger partial charge in [-0.3, -0.25) is 14.4 Å². The van der Waals surface area contributed by atoms with E-state index in [0.29, 0.717) is 5.56 Å². The number of aliphatic carboxylic acids is 1. The average Bonchev–Trinajstić information content (AvgIpc) is 2.84. The van der Waals surface area contributed by atoms with Gasteiger partial charge in [-0.15, -0.1) is 0 Å². The van der Waals surface area contributed by atoms with Crippen LogP contribution in [0.3, 0.4) is 0 Å². The molecular weight excluding hydrogens is 492 g/mol. The molecule has 35 heavy (non-hydrogen) atoms. The van der Waals surface area contributed by atoms with E-state index in [2.05, 4.69) is 16.0 Å². The van der Waals surface area contributed by atoms with E-state index < -0.39 is 41.8 Å². The van der Waals surface area contributed by atoms with Crippen molar-refractivity contribution in [1.82, 2.24) is 16.0 Å². The smallest absolute Gasteiger partial charge is 0.327 e. The molecule has 4 rings (SSSR count). The van der Waals surface area contributed by atoms with E-state index in [9.17, 15) is 29.4 Å². The molecule has 2 heterocycles. The van der Waals surface area contributed by atoms with Crippen LogP contribution in [0.4, 0.5) is 0 Å². The van der Waals surface area contributed by atoms with Crippen LogP contribution in [0, 0.1) is 0 Å². The molecule has 0 spiro atoms. The maximum absolute atomic E-state index is 12.9. The molecule has 2 aromatic carbocycles. The van der Waals surface area contributed by atoms with Crippen LogP contribution in [0.1, 0.15) is 21.5 Å². The summed E-state index contributed by atoms with van der Waals surface area (Å²) in [6, 6.07) is 9.81. The van der Waals surface area contributed by atoms with Crippen LogP contribution >= 0.6 is 21.6 Å². The van der Waals surface area contributed by atoms with Gasteiger partial charge in [0.1, 0.15) is 17.8 Å². The molecule has 3 atom stereocenters. The third kappa shape index (κ3) is 7.91. The number of nitrogens with two attached hydrogens (primary N) is 1. The van der Waals surface area contributed by atoms with Crippen LogP contribution in [0.25, 0.3) is 0 Å². The largest absolute Gasteiger partial charge is 0.508 e. The van der Waals surface area contributed by atoms with E-state index in [1.807, 2.05) is 0 Å². The summed E-state index contributed by atoms with van der Waals surface area (Å²) in [4.78, 5) is 49.5. The van der Waals surface area contributed by atoms with Crippen LogP contribution in [0.2, 0.25) is 0 Å². The molecule has 7 N–H and O–H groups in total. The highest BCUT2D eigenvalue weighted by atomic mass is 33.1. The summed E-state index contributed by atoms with van der Waals surface area (Å²) in [6.45, 7) is 0.183. The minimum absolute atomic E-state index is 0.0620. The quantitative estimate of drug-likeness (QED) is 0.311. The Morgan fingerprint density at radius 3 is 2.37 bits per heavy atom. The zero-order valence-electron chi connectivity index (χ0n) is 18.6. The second-order valence-corrected chi connectivity index (χ2v) is 10.4. The van der Waals surface area contributed by atoms with Crippen LogP contribution in [-0.4, -0.2) is 63.5 Å². The first kappa shape index (κ1) is 26.4. The van der Waals surface area contributed by atoms with Gasteiger partial charge in [-0.1, -0.05) is 45.9 Å². The summed E-state index contributed by atoms with van der Waals surface area (Å²) >= 11 is 0. The van der Waals surface area contributed by atoms with Gasteiger partial charge in [0, 0.05) is 23.6 Å². The standard InChI is InChI=1S/C23H26N4O6S2/c24-17(9-13-3-7-16(28)8-4-13)21(30)26-18-11-34-35-12-19(23(32)33)27-20(29)15-5-1-14(2-6-15)10-25-22(18)31/h1-8,17-19,28H,9-12,24H2,(H,25,31)(H,26,30)(H,27,29)(H,32,33)/t17-,18-,19?/m0/s1. The number of fused-ring (bicyclic) bond motifs is 12. The van der Waals surface area contributed by atoms with Crippen molar-refractivity contribution in [3.05, 3.63) is 65.2 Å². The molecule has 2 aliphatic heterocycles. The predicted molar refractivity (Wildman–Crippen MR) is 134 cm³/mol. The third-order valence-corrected chi connectivity index (χ3v) is 7.62. The van der Waals surface area contributed by atoms with Crippen LogP contribution in [-0.2, 0) is 27.3 Å². The summed E-state index contributed by atoms with van der Waals surface area (Å²) < 4.78 is 0. The monoisotopic (exact) mass is 518 g/mol. The molecule has 0 aromatic heterocycles. The molecule has 2 aliphatic rings. The Morgan fingerprint density at radius 1 is 1.06 bits per heavy atom. The number of hydrogen-bond donors (Lipinski definition) is 6. The number of carboxylic acids is 1. The van der Waals surface area contributed by atoms with Gasteiger partial charge in [0.2, 0.25) is 11.8 Å². The zero-order valence-corrected chi connectivity index (χ0v) is 20.2. The van der Waals surface area contributed by atoms with Gasteiger partial charge < -0.3 is 31.9 Å². The fourth-order valence-corrected chi connectivity index (χ4v) is 5.49. The molecule has 0 saturated heterocycles. The van der Waals surface area contributed by atoms with Gasteiger partial charge >= 0.3 is 5.97 Å². The van der Waals surface area contributed by atoms with Crippen LogP contribution in [0.15, 0.2) is 48.5 Å². The maximum Gasteiger partial charge on any atom is 0.327 e. The topological polar surface area (TPSA) is 171 Å². The number of aromatic hydroxyl groups is 1. The first-order valence-electron chi connectivity index (χ1n) is 10.7. The fraction of sp³-hybridized carbons (Fsp3) is 0.304. The number of hydrogen-bond acceptors (Lipinski definition) is 8. The summed E-state index contributed by atoms with van der Waals surface area (Å²) in [5.41, 5.74) is 7.84. The number of phenolic OH excluding ortho intramolecular Hbond substituents is 1. The molecule has 186 valence electrons. The lowest BCUT2D eigenvalue weighted by molar-refractivity contribution is -0.138. The molecular formula is C23H26N4O6S2. The van der Waals surface area contributed by atoms with Crippen molar-refractivity contribution in [3.63, 3.8) is 0 Å². The van der Waals surface area contributed by atoms with Gasteiger partial charge in [-0.2, -0.15) is 0 Å². The molecule has 0 radical (unpaired) electrons. The Kier molecular flexibility index (Phi) is 9.40. The average molecular weight is 519 g/mol. The van der Waals surface area contributed by atoms with E-state index in [-0.39, 0.29) is 30.2 Å². The minimum atomic E-state index is -1.17. The lowest BCUT2D eigenvalue weighted by atomic mass is 10.1. The predicted octanol–water partition coefficient (Wildman–Crippen LogP) is 0.641. The van der Waals surface area contributed by atoms with E-state index in [0.717, 1.165) is 11.1 Å². The Bertz CT molecular complexity index is 1060. The maximum atomic E-state index is 12.9. The Hall–Kier alpha value is -3.22. The van der Waals surface area contributed by atoms with Gasteiger partial charge in [-0.05, 0) is 41.8 Å². The van der Waals surface area contributed by atoms with Gasteiger partial charge in [0.15, 0.2) is 0 Å². The lowest BCUT2D eigenvalue weighted by Gasteiger charge is -2.21. The van der Waals surface area contributed by atoms with Crippen molar-refractivity contribution < 1.29 is 29.4 Å². The number of nitrogens with one attached hydrogen (secondary N) is 3. The normalized spacial score (nSPS) is 20.0. The molecule has 0 saturated carbocycles. The number of carboxylic acid groups (broad SMARTS) is 1. The van der Waals surface area contributed by atoms with Crippen molar-refractivity contribution in [2.75, 3.05) is 11.5 Å². The Labute approximate surface area is 209 Å². The molecule has 0 aliphatic carbocycles. The molecule has 2 bridgehead atoms. The van der Waals surface area contributed by atoms with Crippen molar-refractivity contribution in [3.8, 4) is 5.75 Å². The van der Waals surface area contributed by atoms with Crippen molar-refractivity contribution in [1.29, 1.82) is 0 Å². The fourth-order valence-electron chi connectivity index (χ4n) is 3.18. The van der Waals surface area contributed by atoms with Crippen molar-refractivity contribution in [2.24, 2.45) is 5.73 Å². The second kappa shape index (κ2) is 12.5. The first-order valence-corrected chi connectivity index (χ1v) is 13.2. The van der Waals surface area contributed by atoms with Crippen LogP contribution < -0.4 is 21.7 Å². The molecule has 1 unspecified atom stereocenters. The first-order chi connectivity index (χ1) is 16.7. The number of rotatable bonds is 5. The lowest BCUT2D eigenvalue weighted by Crippen LogP contribution is -2.53. The SMILES string of the molecule is N[C@@H](Cc1ccc(O)cc1)C(=O)N[C@H]1CSSCC(C(=O)O)NC(=O)c2ccc(cc2)CNC1=O. The van der Waals surface area contributed by atoms with Gasteiger partial charge in [-0.25, -0.2) is 4.79 Å². The van der Waals surface area contributed by atoms with Gasteiger partial charge in [0.25, 0.3) is 5.91 Å². The Balaban J connectivity index is 1.69. The van der Waals surface area contributed by atoms with Crippen molar-refractivity contribution in [2.45, 2.75) is 31.1 Å². The summed E-state index contributed by atoms with van der Waals surface area (Å²) in [6.07, 6.45) is 0.217. The molecule has 3 amide bonds. The van der Waals surface area contributed by atoms with E-state index in [1.54, 1.807) is 36.4 Å². The van der Waals surface area contributed by atoms with E-state index in [4.69, 9.17) is 5.73 Å². The number of benzene rings is 2. The molecule has 10 nitrogen and oxygen atoms in total. The van der Waals surface area contributed by atoms with Crippen molar-refractivity contribution >= 4 is 45.3 Å². The molecule has 12 heteroatoms. The van der Waals surface area contributed by atoms with Gasteiger partial charge in [0.05, 0.1) is 6.04 Å². The molecule has 2 aromatic rings. The van der Waals surface area contributed by atoms with E-state index >= 15 is 0 Å². The number of amides is 3. The number of carbonyl (C=O) groups excluding carboxylic acids is 3. The number of carbonyl (C=O) groups is 4. The summed E-state index contributed by atoms with van der Waals surface area (Å²) in [5, 5.41) is 26.8. The molecule has 0 fully saturated rings. The van der Waals surface area contributed by atoms with Crippen LogP contribution in [0.5, 0.6) is 5.75 Å². The third-order valence-electron chi connectivity index (χ3n) is 5.20. The summed E-state index contributed by atoms with van der Waals surface area (Å²) in [7, 11) is 2.38. The highest BCUT2D eigenvalue weighted by Gasteiger charge is 2.26. The summed E-state index contributed by atoms with van der Waals surface area (Å²) in [5.74, 6) is -2.27. The number of phenols is 1. The minimum Gasteiger partial charge on any atom is -0.508 e. The second-order valence-electron chi connectivity index (χ2n) is 7.89. The zero-order chi connectivity index (χ0) is 25.4. The Morgan fingerprint density at radius 2 is 1.71 bits per heavy atom. The highest BCUT2D eigenvalue weighted by molar-refractivity contribution is 8.76. The highest BCUT2D eigenvalue weighted by Crippen LogP contribution is 2.23. The van der Waals surface area contributed by atoms with E-state index in [1.165, 1.54) is 33.7 Å².